The number of pyridine rings is 1. The van der Waals surface area contributed by atoms with Gasteiger partial charge in [-0.15, -0.1) is 0 Å². The number of fused-ring (bicyclic) bond motifs is 1. The number of hydrogen-bond donors (Lipinski definition) is 1. The highest BCUT2D eigenvalue weighted by molar-refractivity contribution is 5.95. The molecule has 0 radical (unpaired) electrons. The van der Waals surface area contributed by atoms with Gasteiger partial charge >= 0.3 is 6.18 Å². The maximum atomic E-state index is 13.3. The number of amides is 1. The summed E-state index contributed by atoms with van der Waals surface area (Å²) in [5.74, 6) is -1.58. The van der Waals surface area contributed by atoms with Gasteiger partial charge in [0.05, 0.1) is 5.52 Å². The molecule has 1 unspecified atom stereocenters. The van der Waals surface area contributed by atoms with E-state index in [1.54, 1.807) is 24.4 Å². The van der Waals surface area contributed by atoms with Crippen LogP contribution in [0, 0.1) is 5.82 Å². The summed E-state index contributed by atoms with van der Waals surface area (Å²) in [6.07, 6.45) is -0.704. The largest absolute Gasteiger partial charge is 0.412 e. The van der Waals surface area contributed by atoms with Gasteiger partial charge in [-0.05, 0) is 29.8 Å². The molecule has 1 heterocycles. The molecule has 138 valence electrons. The minimum Gasteiger partial charge on any atom is -0.337 e. The van der Waals surface area contributed by atoms with Gasteiger partial charge in [-0.25, -0.2) is 4.39 Å². The number of aromatic nitrogens is 1. The predicted octanol–water partition coefficient (Wildman–Crippen LogP) is 4.81. The molecular weight excluding hydrogens is 360 g/mol. The molecule has 0 bridgehead atoms. The number of carbonyl (C=O) groups is 1. The first kappa shape index (κ1) is 18.6. The molecule has 1 N–H and O–H groups in total. The van der Waals surface area contributed by atoms with Crippen LogP contribution in [0.25, 0.3) is 17.0 Å². The Morgan fingerprint density at radius 3 is 2.44 bits per heavy atom. The van der Waals surface area contributed by atoms with Crippen LogP contribution in [0.5, 0.6) is 0 Å². The molecule has 1 amide bonds. The molecule has 0 saturated heterocycles. The van der Waals surface area contributed by atoms with Crippen LogP contribution in [-0.2, 0) is 4.79 Å². The molecule has 2 aromatic carbocycles. The normalized spacial score (nSPS) is 13.0. The van der Waals surface area contributed by atoms with E-state index in [1.807, 2.05) is 17.4 Å². The van der Waals surface area contributed by atoms with Gasteiger partial charge in [-0.2, -0.15) is 13.2 Å². The molecule has 1 aromatic heterocycles. The van der Waals surface area contributed by atoms with Crippen molar-refractivity contribution in [1.29, 1.82) is 0 Å². The number of rotatable bonds is 4. The Kier molecular flexibility index (Phi) is 5.21. The zero-order valence-electron chi connectivity index (χ0n) is 13.9. The minimum absolute atomic E-state index is 0.252. The molecule has 0 fully saturated rings. The fourth-order valence-electron chi connectivity index (χ4n) is 2.63. The summed E-state index contributed by atoms with van der Waals surface area (Å²) >= 11 is 0. The van der Waals surface area contributed by atoms with Crippen molar-refractivity contribution in [2.24, 2.45) is 0 Å². The summed E-state index contributed by atoms with van der Waals surface area (Å²) in [5, 5.41) is 2.76. The van der Waals surface area contributed by atoms with E-state index in [1.165, 1.54) is 6.08 Å². The van der Waals surface area contributed by atoms with Crippen molar-refractivity contribution in [3.8, 4) is 0 Å². The number of para-hydroxylation sites is 1. The lowest BCUT2D eigenvalue weighted by Crippen LogP contribution is -2.37. The lowest BCUT2D eigenvalue weighted by Gasteiger charge is -2.21. The average Bonchev–Trinajstić information content (AvgIpc) is 2.64. The summed E-state index contributed by atoms with van der Waals surface area (Å²) in [6, 6.07) is 10.5. The Morgan fingerprint density at radius 2 is 1.74 bits per heavy atom. The molecule has 0 spiro atoms. The van der Waals surface area contributed by atoms with Crippen molar-refractivity contribution in [3.05, 3.63) is 83.8 Å². The second-order valence-corrected chi connectivity index (χ2v) is 5.79. The SMILES string of the molecule is O=C(/C=C/c1cccc2cccnc12)NC(c1ccc(F)cc1)C(F)(F)F. The van der Waals surface area contributed by atoms with Crippen LogP contribution in [0.2, 0.25) is 0 Å². The van der Waals surface area contributed by atoms with E-state index >= 15 is 0 Å². The number of hydrogen-bond acceptors (Lipinski definition) is 2. The first-order valence-electron chi connectivity index (χ1n) is 7.99. The molecule has 27 heavy (non-hydrogen) atoms. The second-order valence-electron chi connectivity index (χ2n) is 5.79. The molecule has 3 rings (SSSR count). The Bertz CT molecular complexity index is 976. The molecule has 0 saturated carbocycles. The van der Waals surface area contributed by atoms with Gasteiger partial charge in [0, 0.05) is 23.2 Å². The highest BCUT2D eigenvalue weighted by Gasteiger charge is 2.41. The monoisotopic (exact) mass is 374 g/mol. The number of benzene rings is 2. The van der Waals surface area contributed by atoms with Crippen LogP contribution >= 0.6 is 0 Å². The third-order valence-corrected chi connectivity index (χ3v) is 3.90. The van der Waals surface area contributed by atoms with Crippen LogP contribution in [0.4, 0.5) is 17.6 Å². The standard InChI is InChI=1S/C20H14F4N2O/c21-16-9-6-15(7-10-16)19(20(22,23)24)26-17(27)11-8-14-4-1-3-13-5-2-12-25-18(13)14/h1-12,19H,(H,26,27)/b11-8+. The summed E-state index contributed by atoms with van der Waals surface area (Å²) in [4.78, 5) is 16.3. The highest BCUT2D eigenvalue weighted by Crippen LogP contribution is 2.32. The number of carbonyl (C=O) groups excluding carboxylic acids is 1. The average molecular weight is 374 g/mol. The van der Waals surface area contributed by atoms with Crippen molar-refractivity contribution in [3.63, 3.8) is 0 Å². The first-order valence-corrected chi connectivity index (χ1v) is 7.99. The Balaban J connectivity index is 1.81. The summed E-state index contributed by atoms with van der Waals surface area (Å²) in [5.41, 5.74) is 0.987. The number of nitrogens with zero attached hydrogens (tertiary/aromatic N) is 1. The van der Waals surface area contributed by atoms with Crippen LogP contribution in [0.1, 0.15) is 17.2 Å². The zero-order valence-corrected chi connectivity index (χ0v) is 13.9. The quantitative estimate of drug-likeness (QED) is 0.526. The second kappa shape index (κ2) is 7.57. The maximum absolute atomic E-state index is 13.3. The highest BCUT2D eigenvalue weighted by atomic mass is 19.4. The van der Waals surface area contributed by atoms with Crippen molar-refractivity contribution in [1.82, 2.24) is 10.3 Å². The van der Waals surface area contributed by atoms with E-state index in [0.717, 1.165) is 35.7 Å². The lowest BCUT2D eigenvalue weighted by atomic mass is 10.1. The third kappa shape index (κ3) is 4.49. The smallest absolute Gasteiger partial charge is 0.337 e. The fourth-order valence-corrected chi connectivity index (χ4v) is 2.63. The van der Waals surface area contributed by atoms with Crippen LogP contribution < -0.4 is 5.32 Å². The third-order valence-electron chi connectivity index (χ3n) is 3.90. The first-order chi connectivity index (χ1) is 12.8. The molecule has 1 atom stereocenters. The topological polar surface area (TPSA) is 42.0 Å². The minimum atomic E-state index is -4.72. The van der Waals surface area contributed by atoms with Gasteiger partial charge in [0.1, 0.15) is 5.82 Å². The van der Waals surface area contributed by atoms with Gasteiger partial charge < -0.3 is 5.32 Å². The number of halogens is 4. The molecule has 0 aliphatic rings. The van der Waals surface area contributed by atoms with E-state index in [2.05, 4.69) is 4.98 Å². The van der Waals surface area contributed by atoms with E-state index in [4.69, 9.17) is 0 Å². The number of alkyl halides is 3. The Hall–Kier alpha value is -3.22. The van der Waals surface area contributed by atoms with Gasteiger partial charge in [0.15, 0.2) is 6.04 Å². The van der Waals surface area contributed by atoms with Crippen molar-refractivity contribution in [2.45, 2.75) is 12.2 Å². The zero-order chi connectivity index (χ0) is 19.4. The van der Waals surface area contributed by atoms with Crippen LogP contribution in [-0.4, -0.2) is 17.1 Å². The van der Waals surface area contributed by atoms with Crippen LogP contribution in [0.3, 0.4) is 0 Å². The van der Waals surface area contributed by atoms with Crippen LogP contribution in [0.15, 0.2) is 66.9 Å². The van der Waals surface area contributed by atoms with Crippen molar-refractivity contribution in [2.75, 3.05) is 0 Å². The lowest BCUT2D eigenvalue weighted by molar-refractivity contribution is -0.162. The van der Waals surface area contributed by atoms with E-state index in [-0.39, 0.29) is 5.56 Å². The van der Waals surface area contributed by atoms with Crippen molar-refractivity contribution >= 4 is 22.9 Å². The summed E-state index contributed by atoms with van der Waals surface area (Å²) < 4.78 is 52.8. The van der Waals surface area contributed by atoms with E-state index < -0.39 is 23.9 Å². The van der Waals surface area contributed by atoms with E-state index in [0.29, 0.717) is 11.1 Å². The molecule has 7 heteroatoms. The molecule has 0 aliphatic carbocycles. The summed E-state index contributed by atoms with van der Waals surface area (Å²) in [6.45, 7) is 0. The molecule has 3 nitrogen and oxygen atoms in total. The van der Waals surface area contributed by atoms with Gasteiger partial charge in [-0.1, -0.05) is 36.4 Å². The Labute approximate surface area is 152 Å². The maximum Gasteiger partial charge on any atom is 0.412 e. The van der Waals surface area contributed by atoms with E-state index in [9.17, 15) is 22.4 Å². The molecule has 3 aromatic rings. The summed E-state index contributed by atoms with van der Waals surface area (Å²) in [7, 11) is 0. The fraction of sp³-hybridized carbons (Fsp3) is 0.100. The molecular formula is C20H14F4N2O. The van der Waals surface area contributed by atoms with Gasteiger partial charge in [0.2, 0.25) is 5.91 Å². The molecule has 0 aliphatic heterocycles. The number of nitrogens with one attached hydrogen (secondary N) is 1. The predicted molar refractivity (Wildman–Crippen MR) is 94.1 cm³/mol. The Morgan fingerprint density at radius 1 is 1.04 bits per heavy atom. The van der Waals surface area contributed by atoms with Crippen molar-refractivity contribution < 1.29 is 22.4 Å². The van der Waals surface area contributed by atoms with Gasteiger partial charge in [-0.3, -0.25) is 9.78 Å². The van der Waals surface area contributed by atoms with Gasteiger partial charge in [0.25, 0.3) is 0 Å².